The van der Waals surface area contributed by atoms with E-state index >= 15 is 0 Å². The molecule has 1 aliphatic rings. The van der Waals surface area contributed by atoms with E-state index in [1.165, 1.54) is 0 Å². The molecule has 4 aromatic carbocycles. The first kappa shape index (κ1) is 31.2. The summed E-state index contributed by atoms with van der Waals surface area (Å²) >= 11 is 0. The molecule has 0 unspecified atom stereocenters. The van der Waals surface area contributed by atoms with Crippen LogP contribution in [-0.4, -0.2) is 41.3 Å². The molecule has 0 bridgehead atoms. The smallest absolute Gasteiger partial charge is 0.261 e. The van der Waals surface area contributed by atoms with Gasteiger partial charge < -0.3 is 0 Å². The molecule has 228 valence electrons. The number of nitrogens with zero attached hydrogens (tertiary/aromatic N) is 2. The third-order valence-corrected chi connectivity index (χ3v) is 10.3. The van der Waals surface area contributed by atoms with Crippen LogP contribution in [-0.2, 0) is 20.0 Å². The predicted octanol–water partition coefficient (Wildman–Crippen LogP) is 6.75. The van der Waals surface area contributed by atoms with Crippen LogP contribution in [0.5, 0.6) is 0 Å². The zero-order valence-electron chi connectivity index (χ0n) is 24.7. The molecule has 1 aliphatic carbocycles. The first-order valence-electron chi connectivity index (χ1n) is 14.5. The van der Waals surface area contributed by atoms with E-state index in [0.717, 1.165) is 36.8 Å². The summed E-state index contributed by atoms with van der Waals surface area (Å²) in [5.41, 5.74) is 4.17. The fourth-order valence-corrected chi connectivity index (χ4v) is 7.21. The number of aryl methyl sites for hydroxylation is 2. The number of aliphatic imine (C=N–C) groups is 2. The van der Waals surface area contributed by atoms with Gasteiger partial charge in [0.2, 0.25) is 0 Å². The van der Waals surface area contributed by atoms with E-state index in [4.69, 9.17) is 9.98 Å². The predicted molar refractivity (Wildman–Crippen MR) is 178 cm³/mol. The minimum atomic E-state index is -3.77. The Bertz CT molecular complexity index is 1730. The van der Waals surface area contributed by atoms with Crippen LogP contribution >= 0.6 is 0 Å². The standard InChI is InChI=1S/C34H36N4O4S2/c1-25-15-19-29(20-16-25)43(39,40)37-31-11-5-3-9-27(31)23-35-33-13-7-8-14-34(33)36-24-28-10-4-6-12-32(28)38-44(41,42)30-21-17-26(2)18-22-30/h3-6,9-12,15-24,33-34,37-38H,7-8,13-14H2,1-2H3/t33-,34-/m0/s1. The Morgan fingerprint density at radius 3 is 1.32 bits per heavy atom. The summed E-state index contributed by atoms with van der Waals surface area (Å²) in [5.74, 6) is 0. The number of anilines is 2. The second-order valence-corrected chi connectivity index (χ2v) is 14.4. The van der Waals surface area contributed by atoms with Crippen LogP contribution in [0.3, 0.4) is 0 Å². The Morgan fingerprint density at radius 2 is 0.932 bits per heavy atom. The minimum absolute atomic E-state index is 0.0989. The van der Waals surface area contributed by atoms with Crippen molar-refractivity contribution in [2.45, 2.75) is 61.4 Å². The Balaban J connectivity index is 1.33. The molecule has 0 amide bonds. The Kier molecular flexibility index (Phi) is 9.61. The van der Waals surface area contributed by atoms with Gasteiger partial charge in [-0.15, -0.1) is 0 Å². The Morgan fingerprint density at radius 1 is 0.568 bits per heavy atom. The lowest BCUT2D eigenvalue weighted by molar-refractivity contribution is 0.390. The van der Waals surface area contributed by atoms with E-state index in [0.29, 0.717) is 22.5 Å². The summed E-state index contributed by atoms with van der Waals surface area (Å²) in [5, 5.41) is 0. The molecule has 1 saturated carbocycles. The maximum atomic E-state index is 13.0. The van der Waals surface area contributed by atoms with Crippen LogP contribution in [0.1, 0.15) is 47.9 Å². The SMILES string of the molecule is Cc1ccc(S(=O)(=O)Nc2ccccc2C=N[C@H]2CCCC[C@@H]2N=Cc2ccccc2NS(=O)(=O)c2ccc(C)cc2)cc1. The van der Waals surface area contributed by atoms with Crippen LogP contribution in [0.25, 0.3) is 0 Å². The van der Waals surface area contributed by atoms with Crippen LogP contribution < -0.4 is 9.44 Å². The van der Waals surface area contributed by atoms with Crippen molar-refractivity contribution in [3.05, 3.63) is 119 Å². The third-order valence-electron chi connectivity index (χ3n) is 7.58. The molecular formula is C34H36N4O4S2. The monoisotopic (exact) mass is 628 g/mol. The molecule has 0 aromatic heterocycles. The lowest BCUT2D eigenvalue weighted by Crippen LogP contribution is -2.27. The van der Waals surface area contributed by atoms with Crippen molar-refractivity contribution >= 4 is 43.9 Å². The number of para-hydroxylation sites is 2. The zero-order chi connectivity index (χ0) is 31.2. The molecule has 0 aliphatic heterocycles. The lowest BCUT2D eigenvalue weighted by atomic mass is 9.91. The quantitative estimate of drug-likeness (QED) is 0.189. The van der Waals surface area contributed by atoms with Crippen molar-refractivity contribution in [2.24, 2.45) is 9.98 Å². The van der Waals surface area contributed by atoms with Gasteiger partial charge in [-0.3, -0.25) is 19.4 Å². The van der Waals surface area contributed by atoms with Crippen molar-refractivity contribution in [3.63, 3.8) is 0 Å². The molecule has 0 radical (unpaired) electrons. The largest absolute Gasteiger partial charge is 0.287 e. The van der Waals surface area contributed by atoms with E-state index in [2.05, 4.69) is 9.44 Å². The maximum absolute atomic E-state index is 13.0. The molecule has 44 heavy (non-hydrogen) atoms. The van der Waals surface area contributed by atoms with Gasteiger partial charge >= 0.3 is 0 Å². The summed E-state index contributed by atoms with van der Waals surface area (Å²) in [6.07, 6.45) is 7.16. The second-order valence-electron chi connectivity index (χ2n) is 11.0. The average Bonchev–Trinajstić information content (AvgIpc) is 3.01. The summed E-state index contributed by atoms with van der Waals surface area (Å²) in [7, 11) is -7.53. The summed E-state index contributed by atoms with van der Waals surface area (Å²) in [6, 6.07) is 27.6. The molecule has 0 spiro atoms. The highest BCUT2D eigenvalue weighted by Crippen LogP contribution is 2.26. The van der Waals surface area contributed by atoms with Gasteiger partial charge in [-0.05, 0) is 63.1 Å². The van der Waals surface area contributed by atoms with E-state index < -0.39 is 20.0 Å². The van der Waals surface area contributed by atoms with Gasteiger partial charge in [0.15, 0.2) is 0 Å². The summed E-state index contributed by atoms with van der Waals surface area (Å²) < 4.78 is 57.5. The highest BCUT2D eigenvalue weighted by Gasteiger charge is 2.24. The number of hydrogen-bond acceptors (Lipinski definition) is 6. The molecule has 2 atom stereocenters. The van der Waals surface area contributed by atoms with Crippen LogP contribution in [0.15, 0.2) is 117 Å². The summed E-state index contributed by atoms with van der Waals surface area (Å²) in [6.45, 7) is 3.82. The van der Waals surface area contributed by atoms with Crippen LogP contribution in [0, 0.1) is 13.8 Å². The van der Waals surface area contributed by atoms with Crippen molar-refractivity contribution in [1.29, 1.82) is 0 Å². The molecule has 2 N–H and O–H groups in total. The number of nitrogens with one attached hydrogen (secondary N) is 2. The average molecular weight is 629 g/mol. The zero-order valence-corrected chi connectivity index (χ0v) is 26.4. The van der Waals surface area contributed by atoms with Crippen molar-refractivity contribution in [2.75, 3.05) is 9.44 Å². The van der Waals surface area contributed by atoms with Crippen molar-refractivity contribution < 1.29 is 16.8 Å². The minimum Gasteiger partial charge on any atom is -0.287 e. The molecule has 0 saturated heterocycles. The highest BCUT2D eigenvalue weighted by atomic mass is 32.2. The molecule has 0 heterocycles. The van der Waals surface area contributed by atoms with E-state index in [1.54, 1.807) is 85.2 Å². The van der Waals surface area contributed by atoms with Gasteiger partial charge in [-0.1, -0.05) is 84.6 Å². The Hall–Kier alpha value is -4.28. The number of sulfonamides is 2. The van der Waals surface area contributed by atoms with E-state index in [-0.39, 0.29) is 21.9 Å². The normalized spacial score (nSPS) is 17.6. The van der Waals surface area contributed by atoms with Gasteiger partial charge in [-0.25, -0.2) is 16.8 Å². The molecular weight excluding hydrogens is 593 g/mol. The fourth-order valence-electron chi connectivity index (χ4n) is 5.04. The van der Waals surface area contributed by atoms with E-state index in [1.807, 2.05) is 38.1 Å². The summed E-state index contributed by atoms with van der Waals surface area (Å²) in [4.78, 5) is 10.1. The molecule has 8 nitrogen and oxygen atoms in total. The highest BCUT2D eigenvalue weighted by molar-refractivity contribution is 7.93. The lowest BCUT2D eigenvalue weighted by Gasteiger charge is -2.25. The van der Waals surface area contributed by atoms with Crippen LogP contribution in [0.2, 0.25) is 0 Å². The Labute approximate surface area is 260 Å². The van der Waals surface area contributed by atoms with Crippen molar-refractivity contribution in [1.82, 2.24) is 0 Å². The maximum Gasteiger partial charge on any atom is 0.261 e. The van der Waals surface area contributed by atoms with Gasteiger partial charge in [0.1, 0.15) is 0 Å². The molecule has 5 rings (SSSR count). The number of rotatable bonds is 10. The van der Waals surface area contributed by atoms with Gasteiger partial charge in [0, 0.05) is 23.6 Å². The molecule has 1 fully saturated rings. The second kappa shape index (κ2) is 13.6. The van der Waals surface area contributed by atoms with Gasteiger partial charge in [-0.2, -0.15) is 0 Å². The first-order chi connectivity index (χ1) is 21.1. The molecule has 4 aromatic rings. The number of benzene rings is 4. The molecule has 10 heteroatoms. The first-order valence-corrected chi connectivity index (χ1v) is 17.5. The topological polar surface area (TPSA) is 117 Å². The third kappa shape index (κ3) is 7.81. The fraction of sp³-hybridized carbons (Fsp3) is 0.235. The van der Waals surface area contributed by atoms with Crippen LogP contribution in [0.4, 0.5) is 11.4 Å². The van der Waals surface area contributed by atoms with Gasteiger partial charge in [0.25, 0.3) is 20.0 Å². The van der Waals surface area contributed by atoms with Gasteiger partial charge in [0.05, 0.1) is 33.2 Å². The van der Waals surface area contributed by atoms with Crippen molar-refractivity contribution in [3.8, 4) is 0 Å². The number of hydrogen-bond donors (Lipinski definition) is 2. The van der Waals surface area contributed by atoms with E-state index in [9.17, 15) is 16.8 Å².